The van der Waals surface area contributed by atoms with E-state index in [4.69, 9.17) is 13.6 Å². The first-order valence-corrected chi connectivity index (χ1v) is 9.28. The van der Waals surface area contributed by atoms with E-state index in [9.17, 15) is 0 Å². The summed E-state index contributed by atoms with van der Waals surface area (Å²) in [5.74, 6) is 1.63. The molecular formula is C25H16O3. The zero-order chi connectivity index (χ0) is 18.7. The van der Waals surface area contributed by atoms with E-state index < -0.39 is 0 Å². The number of aryl methyl sites for hydroxylation is 1. The SMILES string of the molecule is Cc1c(Oc2ccccc2)ccc2oc3ccc4c5ccccc5oc4c3c12. The summed E-state index contributed by atoms with van der Waals surface area (Å²) in [4.78, 5) is 0. The number of benzene rings is 4. The summed E-state index contributed by atoms with van der Waals surface area (Å²) in [6.45, 7) is 2.07. The third-order valence-corrected chi connectivity index (χ3v) is 5.33. The number of hydrogen-bond donors (Lipinski definition) is 0. The van der Waals surface area contributed by atoms with Gasteiger partial charge in [0, 0.05) is 21.7 Å². The molecule has 0 fully saturated rings. The minimum absolute atomic E-state index is 0.812. The van der Waals surface area contributed by atoms with Crippen molar-refractivity contribution >= 4 is 43.9 Å². The summed E-state index contributed by atoms with van der Waals surface area (Å²) in [5.41, 5.74) is 4.43. The summed E-state index contributed by atoms with van der Waals surface area (Å²) in [5, 5.41) is 4.25. The maximum Gasteiger partial charge on any atom is 0.147 e. The van der Waals surface area contributed by atoms with Crippen LogP contribution in [-0.4, -0.2) is 0 Å². The van der Waals surface area contributed by atoms with Crippen LogP contribution in [0.1, 0.15) is 5.56 Å². The molecule has 2 aromatic heterocycles. The third-order valence-electron chi connectivity index (χ3n) is 5.33. The topological polar surface area (TPSA) is 35.5 Å². The number of para-hydroxylation sites is 2. The molecule has 0 saturated heterocycles. The predicted octanol–water partition coefficient (Wildman–Crippen LogP) is 7.59. The standard InChI is InChI=1S/C25H16O3/c1-15-19(26-16-7-3-2-4-8-16)13-14-21-23(15)24-22(27-21)12-11-18-17-9-5-6-10-20(17)28-25(18)24/h2-14H,1H3. The van der Waals surface area contributed by atoms with Gasteiger partial charge in [-0.25, -0.2) is 0 Å². The lowest BCUT2D eigenvalue weighted by Gasteiger charge is -2.09. The van der Waals surface area contributed by atoms with E-state index in [0.29, 0.717) is 0 Å². The minimum atomic E-state index is 0.812. The van der Waals surface area contributed by atoms with Crippen LogP contribution in [-0.2, 0) is 0 Å². The molecule has 28 heavy (non-hydrogen) atoms. The Balaban J connectivity index is 1.68. The molecule has 3 heteroatoms. The largest absolute Gasteiger partial charge is 0.457 e. The van der Waals surface area contributed by atoms with Crippen molar-refractivity contribution in [1.29, 1.82) is 0 Å². The second kappa shape index (κ2) is 5.64. The summed E-state index contributed by atoms with van der Waals surface area (Å²) in [7, 11) is 0. The molecule has 4 aromatic carbocycles. The van der Waals surface area contributed by atoms with Gasteiger partial charge < -0.3 is 13.6 Å². The average Bonchev–Trinajstić information content (AvgIpc) is 3.29. The molecule has 0 amide bonds. The zero-order valence-corrected chi connectivity index (χ0v) is 15.2. The molecule has 0 bridgehead atoms. The lowest BCUT2D eigenvalue weighted by molar-refractivity contribution is 0.479. The normalized spacial score (nSPS) is 11.8. The molecule has 0 saturated carbocycles. The van der Waals surface area contributed by atoms with E-state index in [0.717, 1.165) is 60.9 Å². The van der Waals surface area contributed by atoms with Crippen molar-refractivity contribution in [1.82, 2.24) is 0 Å². The molecule has 6 rings (SSSR count). The summed E-state index contributed by atoms with van der Waals surface area (Å²) in [6.07, 6.45) is 0. The van der Waals surface area contributed by atoms with Gasteiger partial charge in [0.05, 0.1) is 5.39 Å². The van der Waals surface area contributed by atoms with Crippen molar-refractivity contribution in [3.63, 3.8) is 0 Å². The predicted molar refractivity (Wildman–Crippen MR) is 112 cm³/mol. The van der Waals surface area contributed by atoms with E-state index in [2.05, 4.69) is 19.1 Å². The van der Waals surface area contributed by atoms with Crippen molar-refractivity contribution in [2.24, 2.45) is 0 Å². The molecule has 134 valence electrons. The second-order valence-electron chi connectivity index (χ2n) is 6.99. The van der Waals surface area contributed by atoms with Crippen LogP contribution in [0.3, 0.4) is 0 Å². The van der Waals surface area contributed by atoms with Crippen LogP contribution in [0, 0.1) is 6.92 Å². The lowest BCUT2D eigenvalue weighted by atomic mass is 10.0. The quantitative estimate of drug-likeness (QED) is 0.317. The Bertz CT molecular complexity index is 1490. The van der Waals surface area contributed by atoms with Crippen molar-refractivity contribution < 1.29 is 13.6 Å². The van der Waals surface area contributed by atoms with Crippen LogP contribution >= 0.6 is 0 Å². The van der Waals surface area contributed by atoms with Crippen molar-refractivity contribution in [3.8, 4) is 11.5 Å². The third kappa shape index (κ3) is 2.10. The molecule has 0 unspecified atom stereocenters. The Hall–Kier alpha value is -3.72. The number of furan rings is 2. The number of rotatable bonds is 2. The molecule has 0 radical (unpaired) electrons. The van der Waals surface area contributed by atoms with Gasteiger partial charge in [-0.05, 0) is 49.4 Å². The van der Waals surface area contributed by atoms with E-state index >= 15 is 0 Å². The average molecular weight is 364 g/mol. The van der Waals surface area contributed by atoms with Gasteiger partial charge in [-0.15, -0.1) is 0 Å². The van der Waals surface area contributed by atoms with Gasteiger partial charge in [0.15, 0.2) is 0 Å². The second-order valence-corrected chi connectivity index (χ2v) is 6.99. The number of hydrogen-bond acceptors (Lipinski definition) is 3. The van der Waals surface area contributed by atoms with Gasteiger partial charge in [0.25, 0.3) is 0 Å². The van der Waals surface area contributed by atoms with Crippen molar-refractivity contribution in [3.05, 3.63) is 84.4 Å². The maximum absolute atomic E-state index is 6.24. The minimum Gasteiger partial charge on any atom is -0.457 e. The molecule has 6 aromatic rings. The molecule has 3 nitrogen and oxygen atoms in total. The van der Waals surface area contributed by atoms with Crippen LogP contribution in [0.4, 0.5) is 0 Å². The molecule has 0 aliphatic heterocycles. The van der Waals surface area contributed by atoms with Gasteiger partial charge in [-0.1, -0.05) is 36.4 Å². The fourth-order valence-electron chi connectivity index (χ4n) is 4.00. The van der Waals surface area contributed by atoms with E-state index in [1.807, 2.05) is 66.7 Å². The Labute approximate surface area is 160 Å². The summed E-state index contributed by atoms with van der Waals surface area (Å²) >= 11 is 0. The smallest absolute Gasteiger partial charge is 0.147 e. The van der Waals surface area contributed by atoms with Gasteiger partial charge in [0.1, 0.15) is 33.8 Å². The van der Waals surface area contributed by atoms with Crippen LogP contribution in [0.2, 0.25) is 0 Å². The van der Waals surface area contributed by atoms with E-state index in [1.165, 1.54) is 0 Å². The first-order chi connectivity index (χ1) is 13.8. The van der Waals surface area contributed by atoms with Gasteiger partial charge in [-0.3, -0.25) is 0 Å². The van der Waals surface area contributed by atoms with Gasteiger partial charge in [0.2, 0.25) is 0 Å². The fourth-order valence-corrected chi connectivity index (χ4v) is 4.00. The molecule has 0 aliphatic carbocycles. The van der Waals surface area contributed by atoms with Crippen LogP contribution in [0.15, 0.2) is 87.7 Å². The van der Waals surface area contributed by atoms with Gasteiger partial charge >= 0.3 is 0 Å². The highest BCUT2D eigenvalue weighted by molar-refractivity contribution is 6.22. The van der Waals surface area contributed by atoms with E-state index in [-0.39, 0.29) is 0 Å². The molecule has 0 atom stereocenters. The number of ether oxygens (including phenoxy) is 1. The van der Waals surface area contributed by atoms with Crippen LogP contribution in [0.5, 0.6) is 11.5 Å². The summed E-state index contributed by atoms with van der Waals surface area (Å²) in [6, 6.07) is 26.0. The van der Waals surface area contributed by atoms with E-state index in [1.54, 1.807) is 0 Å². The lowest BCUT2D eigenvalue weighted by Crippen LogP contribution is -1.87. The summed E-state index contributed by atoms with van der Waals surface area (Å²) < 4.78 is 18.5. The molecule has 0 aliphatic rings. The van der Waals surface area contributed by atoms with Crippen molar-refractivity contribution in [2.45, 2.75) is 6.92 Å². The molecule has 2 heterocycles. The Kier molecular flexibility index (Phi) is 3.09. The Morgan fingerprint density at radius 3 is 2.25 bits per heavy atom. The highest BCUT2D eigenvalue weighted by Gasteiger charge is 2.19. The first-order valence-electron chi connectivity index (χ1n) is 9.28. The monoisotopic (exact) mass is 364 g/mol. The zero-order valence-electron chi connectivity index (χ0n) is 15.2. The van der Waals surface area contributed by atoms with Crippen LogP contribution < -0.4 is 4.74 Å². The number of fused-ring (bicyclic) bond motifs is 7. The molecular weight excluding hydrogens is 348 g/mol. The Morgan fingerprint density at radius 2 is 1.36 bits per heavy atom. The van der Waals surface area contributed by atoms with Crippen molar-refractivity contribution in [2.75, 3.05) is 0 Å². The fraction of sp³-hybridized carbons (Fsp3) is 0.0400. The van der Waals surface area contributed by atoms with Gasteiger partial charge in [-0.2, -0.15) is 0 Å². The highest BCUT2D eigenvalue weighted by Crippen LogP contribution is 2.42. The van der Waals surface area contributed by atoms with Crippen LogP contribution in [0.25, 0.3) is 43.9 Å². The Morgan fingerprint density at radius 1 is 0.607 bits per heavy atom. The highest BCUT2D eigenvalue weighted by atomic mass is 16.5. The molecule has 0 N–H and O–H groups in total. The first kappa shape index (κ1) is 15.3. The maximum atomic E-state index is 6.24. The molecule has 0 spiro atoms.